The number of nitrogens with zero attached hydrogens (tertiary/aromatic N) is 3. The van der Waals surface area contributed by atoms with E-state index in [-0.39, 0.29) is 30.0 Å². The summed E-state index contributed by atoms with van der Waals surface area (Å²) < 4.78 is 5.54. The van der Waals surface area contributed by atoms with Crippen molar-refractivity contribution in [2.24, 2.45) is 4.99 Å². The van der Waals surface area contributed by atoms with Crippen molar-refractivity contribution < 1.29 is 4.74 Å². The Hall–Kier alpha value is -1.71. The highest BCUT2D eigenvalue weighted by atomic mass is 127. The van der Waals surface area contributed by atoms with Crippen LogP contribution in [0.1, 0.15) is 22.9 Å². The molecule has 3 rings (SSSR count). The monoisotopic (exact) mass is 495 g/mol. The van der Waals surface area contributed by atoms with Gasteiger partial charge in [0.1, 0.15) is 0 Å². The number of nitrogens with one attached hydrogen (secondary N) is 2. The number of hydrogen-bond acceptors (Lipinski definition) is 4. The molecule has 1 fully saturated rings. The molecule has 1 atom stereocenters. The Balaban J connectivity index is 0.00000280. The first kappa shape index (κ1) is 22.6. The summed E-state index contributed by atoms with van der Waals surface area (Å²) in [5.41, 5.74) is 3.59. The maximum Gasteiger partial charge on any atom is 0.191 e. The summed E-state index contributed by atoms with van der Waals surface area (Å²) in [5, 5.41) is 6.82. The first-order valence-electron chi connectivity index (χ1n) is 9.49. The van der Waals surface area contributed by atoms with Gasteiger partial charge < -0.3 is 15.4 Å². The number of aliphatic imine (C=N–C) groups is 1. The highest BCUT2D eigenvalue weighted by Gasteiger charge is 2.23. The number of halogens is 1. The van der Waals surface area contributed by atoms with Gasteiger partial charge >= 0.3 is 0 Å². The van der Waals surface area contributed by atoms with Crippen LogP contribution in [0.4, 0.5) is 0 Å². The first-order valence-corrected chi connectivity index (χ1v) is 9.49. The quantitative estimate of drug-likeness (QED) is 0.367. The van der Waals surface area contributed by atoms with E-state index in [9.17, 15) is 0 Å². The number of pyridine rings is 1. The fourth-order valence-electron chi connectivity index (χ4n) is 3.32. The largest absolute Gasteiger partial charge is 0.379 e. The average molecular weight is 495 g/mol. The van der Waals surface area contributed by atoms with Gasteiger partial charge in [-0.3, -0.25) is 14.9 Å². The van der Waals surface area contributed by atoms with Gasteiger partial charge in [0, 0.05) is 32.9 Å². The van der Waals surface area contributed by atoms with Crippen LogP contribution >= 0.6 is 24.0 Å². The summed E-state index contributed by atoms with van der Waals surface area (Å²) in [5.74, 6) is 0.784. The highest BCUT2D eigenvalue weighted by molar-refractivity contribution is 14.0. The van der Waals surface area contributed by atoms with Crippen LogP contribution in [0.25, 0.3) is 0 Å². The second-order valence-electron chi connectivity index (χ2n) is 6.71. The summed E-state index contributed by atoms with van der Waals surface area (Å²) in [6, 6.07) is 14.9. The smallest absolute Gasteiger partial charge is 0.191 e. The molecule has 1 aliphatic rings. The van der Waals surface area contributed by atoms with Crippen LogP contribution in [0.2, 0.25) is 0 Å². The standard InChI is InChI=1S/C21H29N5O.HI/c1-17-6-5-7-18(14-17)20(26-10-12-27-13-11-26)16-25-21(22-2)24-15-19-8-3-4-9-23-19;/h3-9,14,20H,10-13,15-16H2,1-2H3,(H2,22,24,25);1H. The van der Waals surface area contributed by atoms with Gasteiger partial charge in [-0.05, 0) is 24.6 Å². The van der Waals surface area contributed by atoms with E-state index in [2.05, 4.69) is 56.7 Å². The van der Waals surface area contributed by atoms with Crippen LogP contribution in [-0.2, 0) is 11.3 Å². The van der Waals surface area contributed by atoms with Gasteiger partial charge in [-0.25, -0.2) is 0 Å². The predicted molar refractivity (Wildman–Crippen MR) is 124 cm³/mol. The number of aryl methyl sites for hydroxylation is 1. The van der Waals surface area contributed by atoms with Crippen LogP contribution in [0.15, 0.2) is 53.7 Å². The SMILES string of the molecule is CN=C(NCc1ccccn1)NCC(c1cccc(C)c1)N1CCOCC1.I. The lowest BCUT2D eigenvalue weighted by atomic mass is 10.0. The van der Waals surface area contributed by atoms with Crippen LogP contribution in [0.3, 0.4) is 0 Å². The minimum Gasteiger partial charge on any atom is -0.379 e. The number of aromatic nitrogens is 1. The second-order valence-corrected chi connectivity index (χ2v) is 6.71. The molecule has 0 spiro atoms. The average Bonchev–Trinajstić information content (AvgIpc) is 2.72. The van der Waals surface area contributed by atoms with Crippen LogP contribution in [-0.4, -0.2) is 55.7 Å². The summed E-state index contributed by atoms with van der Waals surface area (Å²) in [6.45, 7) is 7.03. The molecule has 0 amide bonds. The van der Waals surface area contributed by atoms with Gasteiger partial charge in [0.25, 0.3) is 0 Å². The summed E-state index contributed by atoms with van der Waals surface area (Å²) in [7, 11) is 1.80. The molecule has 28 heavy (non-hydrogen) atoms. The molecular formula is C21H30IN5O. The molecule has 1 aliphatic heterocycles. The number of rotatable bonds is 6. The molecule has 1 aromatic heterocycles. The van der Waals surface area contributed by atoms with Gasteiger partial charge in [-0.2, -0.15) is 0 Å². The predicted octanol–water partition coefficient (Wildman–Crippen LogP) is 2.75. The molecule has 1 aromatic carbocycles. The molecule has 2 N–H and O–H groups in total. The van der Waals surface area contributed by atoms with Gasteiger partial charge in [0.2, 0.25) is 0 Å². The number of hydrogen-bond donors (Lipinski definition) is 2. The van der Waals surface area contributed by atoms with Crippen molar-refractivity contribution >= 4 is 29.9 Å². The Bertz CT molecular complexity index is 735. The van der Waals surface area contributed by atoms with E-state index >= 15 is 0 Å². The van der Waals surface area contributed by atoms with E-state index in [1.807, 2.05) is 18.2 Å². The van der Waals surface area contributed by atoms with Gasteiger partial charge in [-0.1, -0.05) is 35.9 Å². The highest BCUT2D eigenvalue weighted by Crippen LogP contribution is 2.22. The number of benzene rings is 1. The maximum atomic E-state index is 5.54. The Morgan fingerprint density at radius 1 is 1.18 bits per heavy atom. The van der Waals surface area contributed by atoms with Gasteiger partial charge in [-0.15, -0.1) is 24.0 Å². The fraction of sp³-hybridized carbons (Fsp3) is 0.429. The third-order valence-corrected chi connectivity index (χ3v) is 4.76. The molecule has 7 heteroatoms. The van der Waals surface area contributed by atoms with E-state index in [1.165, 1.54) is 11.1 Å². The van der Waals surface area contributed by atoms with E-state index in [0.717, 1.165) is 44.5 Å². The lowest BCUT2D eigenvalue weighted by Gasteiger charge is -2.35. The van der Waals surface area contributed by atoms with Crippen molar-refractivity contribution in [3.63, 3.8) is 0 Å². The lowest BCUT2D eigenvalue weighted by Crippen LogP contribution is -2.46. The van der Waals surface area contributed by atoms with Gasteiger partial charge in [0.15, 0.2) is 5.96 Å². The fourth-order valence-corrected chi connectivity index (χ4v) is 3.32. The Labute approximate surface area is 184 Å². The zero-order valence-corrected chi connectivity index (χ0v) is 18.9. The molecule has 0 saturated carbocycles. The maximum absolute atomic E-state index is 5.54. The number of morpholine rings is 1. The third-order valence-electron chi connectivity index (χ3n) is 4.76. The minimum atomic E-state index is 0. The van der Waals surface area contributed by atoms with E-state index in [1.54, 1.807) is 13.2 Å². The molecular weight excluding hydrogens is 465 g/mol. The van der Waals surface area contributed by atoms with Crippen LogP contribution < -0.4 is 10.6 Å². The molecule has 2 aromatic rings. The molecule has 6 nitrogen and oxygen atoms in total. The normalized spacial score (nSPS) is 16.1. The number of ether oxygens (including phenoxy) is 1. The van der Waals surface area contributed by atoms with Crippen molar-refractivity contribution in [2.75, 3.05) is 39.9 Å². The summed E-state index contributed by atoms with van der Waals surface area (Å²) in [6.07, 6.45) is 1.80. The molecule has 2 heterocycles. The van der Waals surface area contributed by atoms with Crippen molar-refractivity contribution in [3.8, 4) is 0 Å². The topological polar surface area (TPSA) is 61.8 Å². The van der Waals surface area contributed by atoms with Crippen LogP contribution in [0.5, 0.6) is 0 Å². The zero-order chi connectivity index (χ0) is 18.9. The van der Waals surface area contributed by atoms with Crippen molar-refractivity contribution in [2.45, 2.75) is 19.5 Å². The first-order chi connectivity index (χ1) is 13.3. The molecule has 152 valence electrons. The minimum absolute atomic E-state index is 0. The molecule has 0 radical (unpaired) electrons. The third kappa shape index (κ3) is 6.72. The second kappa shape index (κ2) is 12.0. The molecule has 1 saturated heterocycles. The lowest BCUT2D eigenvalue weighted by molar-refractivity contribution is 0.0170. The van der Waals surface area contributed by atoms with Crippen LogP contribution in [0, 0.1) is 6.92 Å². The molecule has 1 unspecified atom stereocenters. The van der Waals surface area contributed by atoms with E-state index < -0.39 is 0 Å². The Morgan fingerprint density at radius 3 is 2.68 bits per heavy atom. The summed E-state index contributed by atoms with van der Waals surface area (Å²) in [4.78, 5) is 11.2. The van der Waals surface area contributed by atoms with Crippen molar-refractivity contribution in [3.05, 3.63) is 65.5 Å². The van der Waals surface area contributed by atoms with Gasteiger partial charge in [0.05, 0.1) is 31.5 Å². The van der Waals surface area contributed by atoms with Crippen molar-refractivity contribution in [1.82, 2.24) is 20.5 Å². The van der Waals surface area contributed by atoms with E-state index in [4.69, 9.17) is 4.74 Å². The number of guanidine groups is 1. The van der Waals surface area contributed by atoms with E-state index in [0.29, 0.717) is 6.54 Å². The van der Waals surface area contributed by atoms with Crippen molar-refractivity contribution in [1.29, 1.82) is 0 Å². The Kier molecular flexibility index (Phi) is 9.66. The molecule has 0 aliphatic carbocycles. The Morgan fingerprint density at radius 2 is 2.00 bits per heavy atom. The summed E-state index contributed by atoms with van der Waals surface area (Å²) >= 11 is 0. The molecule has 0 bridgehead atoms. The zero-order valence-electron chi connectivity index (χ0n) is 16.6.